The molecule has 240 valence electrons. The molecule has 47 heavy (non-hydrogen) atoms. The van der Waals surface area contributed by atoms with E-state index >= 15 is 0 Å². The van der Waals surface area contributed by atoms with Crippen molar-refractivity contribution in [2.45, 2.75) is 65.7 Å². The molecular formula is C43H45O3P. The predicted octanol–water partition coefficient (Wildman–Crippen LogP) is 12.7. The summed E-state index contributed by atoms with van der Waals surface area (Å²) in [6, 6.07) is 31.6. The lowest BCUT2D eigenvalue weighted by Gasteiger charge is -2.32. The summed E-state index contributed by atoms with van der Waals surface area (Å²) in [4.78, 5) is 0. The third kappa shape index (κ3) is 7.32. The SMILES string of the molecule is C=C/C(C)=C\C1=C/OP(Oc2ccccc2/C=C/c2ccc(-c3ccccc3)cc2)Oc2cc(C)cc3c2C(CC1(C)C)CC3(C)C. The molecule has 3 nitrogen and oxygen atoms in total. The van der Waals surface area contributed by atoms with E-state index in [4.69, 9.17) is 13.6 Å². The number of benzene rings is 4. The van der Waals surface area contributed by atoms with Crippen LogP contribution in [0.5, 0.6) is 11.5 Å². The molecule has 6 rings (SSSR count). The van der Waals surface area contributed by atoms with E-state index in [1.54, 1.807) is 0 Å². The second kappa shape index (κ2) is 13.4. The average molecular weight is 641 g/mol. The van der Waals surface area contributed by atoms with Gasteiger partial charge in [0, 0.05) is 11.1 Å². The lowest BCUT2D eigenvalue weighted by atomic mass is 9.74. The quantitative estimate of drug-likeness (QED) is 0.114. The van der Waals surface area contributed by atoms with Gasteiger partial charge in [-0.25, -0.2) is 0 Å². The van der Waals surface area contributed by atoms with Gasteiger partial charge in [0.2, 0.25) is 0 Å². The Balaban J connectivity index is 1.34. The van der Waals surface area contributed by atoms with Gasteiger partial charge in [-0.2, -0.15) is 0 Å². The summed E-state index contributed by atoms with van der Waals surface area (Å²) in [5.74, 6) is 1.93. The lowest BCUT2D eigenvalue weighted by Crippen LogP contribution is -2.20. The van der Waals surface area contributed by atoms with E-state index in [-0.39, 0.29) is 10.8 Å². The Labute approximate surface area is 282 Å². The molecule has 4 heteroatoms. The van der Waals surface area contributed by atoms with Crippen molar-refractivity contribution in [2.24, 2.45) is 5.41 Å². The van der Waals surface area contributed by atoms with Gasteiger partial charge in [-0.05, 0) is 89.0 Å². The zero-order valence-corrected chi connectivity index (χ0v) is 29.3. The highest BCUT2D eigenvalue weighted by molar-refractivity contribution is 7.42. The molecule has 0 bridgehead atoms. The monoisotopic (exact) mass is 640 g/mol. The molecule has 0 saturated heterocycles. The van der Waals surface area contributed by atoms with Crippen LogP contribution in [-0.4, -0.2) is 0 Å². The van der Waals surface area contributed by atoms with Crippen molar-refractivity contribution in [3.63, 3.8) is 0 Å². The van der Waals surface area contributed by atoms with Crippen LogP contribution >= 0.6 is 8.60 Å². The number of rotatable bonds is 7. The van der Waals surface area contributed by atoms with Crippen molar-refractivity contribution in [2.75, 3.05) is 0 Å². The Bertz CT molecular complexity index is 1840. The fraction of sp³-hybridized carbons (Fsp3) is 0.256. The van der Waals surface area contributed by atoms with Gasteiger partial charge >= 0.3 is 8.60 Å². The van der Waals surface area contributed by atoms with Crippen LogP contribution in [0.1, 0.15) is 81.2 Å². The highest BCUT2D eigenvalue weighted by Crippen LogP contribution is 2.57. The Morgan fingerprint density at radius 2 is 1.53 bits per heavy atom. The van der Waals surface area contributed by atoms with Gasteiger partial charge in [0.05, 0.1) is 6.26 Å². The molecule has 4 aromatic rings. The average Bonchev–Trinajstić information content (AvgIpc) is 3.30. The second-order valence-electron chi connectivity index (χ2n) is 14.1. The van der Waals surface area contributed by atoms with E-state index in [9.17, 15) is 0 Å². The molecule has 4 aromatic carbocycles. The maximum Gasteiger partial charge on any atom is 0.529 e. The minimum atomic E-state index is -1.83. The van der Waals surface area contributed by atoms with E-state index in [1.165, 1.54) is 27.8 Å². The van der Waals surface area contributed by atoms with Crippen LogP contribution in [0.2, 0.25) is 0 Å². The topological polar surface area (TPSA) is 27.7 Å². The molecule has 1 aliphatic carbocycles. The van der Waals surface area contributed by atoms with Crippen LogP contribution < -0.4 is 9.05 Å². The van der Waals surface area contributed by atoms with Crippen molar-refractivity contribution in [3.8, 4) is 22.6 Å². The molecule has 0 spiro atoms. The molecule has 2 unspecified atom stereocenters. The summed E-state index contributed by atoms with van der Waals surface area (Å²) in [5.41, 5.74) is 10.4. The lowest BCUT2D eigenvalue weighted by molar-refractivity contribution is 0.311. The van der Waals surface area contributed by atoms with Gasteiger partial charge in [-0.1, -0.05) is 143 Å². The molecular weight excluding hydrogens is 595 g/mol. The maximum absolute atomic E-state index is 6.77. The van der Waals surface area contributed by atoms with Crippen LogP contribution in [-0.2, 0) is 9.94 Å². The van der Waals surface area contributed by atoms with Gasteiger partial charge < -0.3 is 13.6 Å². The van der Waals surface area contributed by atoms with Crippen LogP contribution in [0.25, 0.3) is 23.3 Å². The summed E-state index contributed by atoms with van der Waals surface area (Å²) in [6.45, 7) is 17.5. The van der Waals surface area contributed by atoms with Gasteiger partial charge in [0.15, 0.2) is 0 Å². The number of hydrogen-bond acceptors (Lipinski definition) is 3. The highest BCUT2D eigenvalue weighted by Gasteiger charge is 2.43. The normalized spacial score (nSPS) is 21.1. The molecule has 0 N–H and O–H groups in total. The Morgan fingerprint density at radius 3 is 2.28 bits per heavy atom. The van der Waals surface area contributed by atoms with E-state index < -0.39 is 8.60 Å². The van der Waals surface area contributed by atoms with Crippen molar-refractivity contribution >= 4 is 20.8 Å². The molecule has 0 fully saturated rings. The van der Waals surface area contributed by atoms with Crippen LogP contribution in [0.15, 0.2) is 127 Å². The zero-order valence-electron chi connectivity index (χ0n) is 28.4. The standard InChI is InChI=1S/C43H45O3P/c1-8-30(2)24-37-29-44-47(46-40-26-31(3)25-38-41(40)36(27-42(37,4)5)28-43(38,6)7)45-39-17-13-12-16-35(39)23-20-32-18-21-34(22-19-32)33-14-10-9-11-15-33/h8-26,29,36H,1,27-28H2,2-7H3/b23-20+,30-24-,37-29+. The first-order valence-electron chi connectivity index (χ1n) is 16.4. The van der Waals surface area contributed by atoms with Gasteiger partial charge in [0.25, 0.3) is 0 Å². The van der Waals surface area contributed by atoms with E-state index in [0.29, 0.717) is 11.7 Å². The number of allylic oxidation sites excluding steroid dienone is 4. The van der Waals surface area contributed by atoms with Gasteiger partial charge in [-0.15, -0.1) is 0 Å². The van der Waals surface area contributed by atoms with Crippen LogP contribution in [0.4, 0.5) is 0 Å². The number of aryl methyl sites for hydroxylation is 1. The van der Waals surface area contributed by atoms with E-state index in [1.807, 2.05) is 36.6 Å². The minimum Gasteiger partial charge on any atom is -0.416 e. The molecule has 0 aromatic heterocycles. The maximum atomic E-state index is 6.77. The number of hydrogen-bond donors (Lipinski definition) is 0. The Hall–Kier alpha value is -4.33. The molecule has 1 aliphatic heterocycles. The molecule has 0 amide bonds. The van der Waals surface area contributed by atoms with Crippen molar-refractivity contribution in [3.05, 3.63) is 155 Å². The summed E-state index contributed by atoms with van der Waals surface area (Å²) in [5, 5.41) is 0. The second-order valence-corrected chi connectivity index (χ2v) is 15.2. The molecule has 0 saturated carbocycles. The zero-order chi connectivity index (χ0) is 33.2. The first-order chi connectivity index (χ1) is 22.5. The fourth-order valence-corrected chi connectivity index (χ4v) is 7.84. The molecule has 2 aliphatic rings. The first-order valence-corrected chi connectivity index (χ1v) is 17.5. The van der Waals surface area contributed by atoms with Gasteiger partial charge in [-0.3, -0.25) is 0 Å². The Kier molecular flexibility index (Phi) is 9.31. The van der Waals surface area contributed by atoms with Crippen molar-refractivity contribution in [1.29, 1.82) is 0 Å². The first kappa shape index (κ1) is 32.6. The van der Waals surface area contributed by atoms with Crippen LogP contribution in [0.3, 0.4) is 0 Å². The predicted molar refractivity (Wildman–Crippen MR) is 199 cm³/mol. The summed E-state index contributed by atoms with van der Waals surface area (Å²) >= 11 is 0. The van der Waals surface area contributed by atoms with Crippen molar-refractivity contribution < 1.29 is 13.6 Å². The molecule has 2 atom stereocenters. The molecule has 1 heterocycles. The third-order valence-corrected chi connectivity index (χ3v) is 10.4. The summed E-state index contributed by atoms with van der Waals surface area (Å²) in [6.07, 6.45) is 12.2. The van der Waals surface area contributed by atoms with Crippen molar-refractivity contribution in [1.82, 2.24) is 0 Å². The van der Waals surface area contributed by atoms with Crippen LogP contribution in [0, 0.1) is 12.3 Å². The smallest absolute Gasteiger partial charge is 0.416 e. The number of para-hydroxylation sites is 1. The van der Waals surface area contributed by atoms with Gasteiger partial charge in [0.1, 0.15) is 11.5 Å². The van der Waals surface area contributed by atoms with E-state index in [0.717, 1.165) is 40.9 Å². The fourth-order valence-electron chi connectivity index (χ4n) is 6.88. The third-order valence-electron chi connectivity index (χ3n) is 9.43. The minimum absolute atomic E-state index is 0.0478. The summed E-state index contributed by atoms with van der Waals surface area (Å²) < 4.78 is 19.9. The summed E-state index contributed by atoms with van der Waals surface area (Å²) in [7, 11) is -1.83. The Morgan fingerprint density at radius 1 is 0.851 bits per heavy atom. The largest absolute Gasteiger partial charge is 0.529 e. The van der Waals surface area contributed by atoms with E-state index in [2.05, 4.69) is 133 Å². The molecule has 0 radical (unpaired) electrons. The highest BCUT2D eigenvalue weighted by atomic mass is 31.2.